The van der Waals surface area contributed by atoms with Gasteiger partial charge in [0.05, 0.1) is 0 Å². The third kappa shape index (κ3) is 7.49. The highest BCUT2D eigenvalue weighted by molar-refractivity contribution is 5.79. The van der Waals surface area contributed by atoms with Crippen LogP contribution in [0.2, 0.25) is 0 Å². The summed E-state index contributed by atoms with van der Waals surface area (Å²) in [5, 5.41) is 6.03. The number of hydrogen-bond acceptors (Lipinski definition) is 2. The quantitative estimate of drug-likeness (QED) is 0.651. The molecular weight excluding hydrogens is 264 g/mol. The van der Waals surface area contributed by atoms with Crippen molar-refractivity contribution in [3.63, 3.8) is 0 Å². The molecule has 2 amide bonds. The summed E-state index contributed by atoms with van der Waals surface area (Å²) >= 11 is 0. The number of rotatable bonds is 10. The van der Waals surface area contributed by atoms with Crippen molar-refractivity contribution in [2.24, 2.45) is 17.3 Å². The molecule has 0 unspecified atom stereocenters. The van der Waals surface area contributed by atoms with Crippen LogP contribution in [0.15, 0.2) is 0 Å². The lowest BCUT2D eigenvalue weighted by molar-refractivity contribution is -0.125. The van der Waals surface area contributed by atoms with E-state index in [2.05, 4.69) is 24.5 Å². The van der Waals surface area contributed by atoms with E-state index in [9.17, 15) is 9.59 Å². The van der Waals surface area contributed by atoms with Crippen LogP contribution in [0.5, 0.6) is 0 Å². The van der Waals surface area contributed by atoms with Crippen molar-refractivity contribution in [3.05, 3.63) is 0 Å². The maximum Gasteiger partial charge on any atom is 0.223 e. The zero-order chi connectivity index (χ0) is 16.5. The Balaban J connectivity index is 4.25. The molecule has 0 spiro atoms. The van der Waals surface area contributed by atoms with Crippen LogP contribution >= 0.6 is 0 Å². The van der Waals surface area contributed by atoms with Gasteiger partial charge in [-0.3, -0.25) is 9.59 Å². The summed E-state index contributed by atoms with van der Waals surface area (Å²) in [4.78, 5) is 24.0. The van der Waals surface area contributed by atoms with Crippen molar-refractivity contribution in [3.8, 4) is 0 Å². The smallest absolute Gasteiger partial charge is 0.223 e. The molecule has 0 radical (unpaired) electrons. The molecule has 0 aliphatic heterocycles. The molecule has 0 rings (SSSR count). The Morgan fingerprint density at radius 1 is 0.762 bits per heavy atom. The predicted octanol–water partition coefficient (Wildman–Crippen LogP) is 3.12. The van der Waals surface area contributed by atoms with Crippen molar-refractivity contribution in [2.75, 3.05) is 13.1 Å². The third-order valence-corrected chi connectivity index (χ3v) is 4.20. The van der Waals surface area contributed by atoms with Crippen molar-refractivity contribution in [1.29, 1.82) is 0 Å². The van der Waals surface area contributed by atoms with Gasteiger partial charge in [-0.2, -0.15) is 0 Å². The molecule has 0 aliphatic rings. The molecule has 0 bridgehead atoms. The first-order valence-electron chi connectivity index (χ1n) is 8.36. The molecule has 0 saturated carbocycles. The molecule has 0 aromatic carbocycles. The van der Waals surface area contributed by atoms with Crippen molar-refractivity contribution in [2.45, 2.75) is 67.2 Å². The van der Waals surface area contributed by atoms with E-state index < -0.39 is 0 Å². The van der Waals surface area contributed by atoms with Crippen LogP contribution in [0, 0.1) is 17.3 Å². The Morgan fingerprint density at radius 2 is 1.05 bits per heavy atom. The van der Waals surface area contributed by atoms with E-state index >= 15 is 0 Å². The lowest BCUT2D eigenvalue weighted by Gasteiger charge is -2.27. The van der Waals surface area contributed by atoms with Gasteiger partial charge in [0.15, 0.2) is 0 Å². The van der Waals surface area contributed by atoms with Gasteiger partial charge in [0.2, 0.25) is 11.8 Å². The molecule has 124 valence electrons. The summed E-state index contributed by atoms with van der Waals surface area (Å²) in [6.07, 6.45) is 3.48. The lowest BCUT2D eigenvalue weighted by atomic mass is 9.92. The van der Waals surface area contributed by atoms with Gasteiger partial charge in [-0.1, -0.05) is 41.5 Å². The highest BCUT2D eigenvalue weighted by Crippen LogP contribution is 2.15. The maximum absolute atomic E-state index is 12.0. The third-order valence-electron chi connectivity index (χ3n) is 4.20. The fourth-order valence-electron chi connectivity index (χ4n) is 2.32. The SMILES string of the molecule is CCC(CC)C(=O)NCC(C)(C)CNC(=O)C(CC)CC. The second kappa shape index (κ2) is 9.80. The highest BCUT2D eigenvalue weighted by Gasteiger charge is 2.23. The molecule has 0 aromatic rings. The summed E-state index contributed by atoms with van der Waals surface area (Å²) in [7, 11) is 0. The second-order valence-electron chi connectivity index (χ2n) is 6.63. The van der Waals surface area contributed by atoms with Crippen LogP contribution in [0.3, 0.4) is 0 Å². The standard InChI is InChI=1S/C17H34N2O2/c1-7-13(8-2)15(20)18-11-17(5,6)12-19-16(21)14(9-3)10-4/h13-14H,7-12H2,1-6H3,(H,18,20)(H,19,21). The number of amides is 2. The van der Waals surface area contributed by atoms with E-state index in [1.54, 1.807) is 0 Å². The van der Waals surface area contributed by atoms with Crippen LogP contribution in [-0.2, 0) is 9.59 Å². The summed E-state index contributed by atoms with van der Waals surface area (Å²) in [5.74, 6) is 0.443. The van der Waals surface area contributed by atoms with Crippen LogP contribution in [0.1, 0.15) is 67.2 Å². The van der Waals surface area contributed by atoms with Crippen LogP contribution in [-0.4, -0.2) is 24.9 Å². The largest absolute Gasteiger partial charge is 0.355 e. The van der Waals surface area contributed by atoms with Crippen LogP contribution in [0.25, 0.3) is 0 Å². The Kier molecular flexibility index (Phi) is 9.31. The Morgan fingerprint density at radius 3 is 1.29 bits per heavy atom. The van der Waals surface area contributed by atoms with Crippen molar-refractivity contribution < 1.29 is 9.59 Å². The zero-order valence-corrected chi connectivity index (χ0v) is 14.7. The molecule has 0 aliphatic carbocycles. The molecule has 4 heteroatoms. The molecule has 4 nitrogen and oxygen atoms in total. The van der Waals surface area contributed by atoms with Gasteiger partial charge >= 0.3 is 0 Å². The molecule has 0 heterocycles. The Labute approximate surface area is 130 Å². The van der Waals surface area contributed by atoms with E-state index in [0.717, 1.165) is 25.7 Å². The van der Waals surface area contributed by atoms with Gasteiger partial charge in [-0.15, -0.1) is 0 Å². The topological polar surface area (TPSA) is 58.2 Å². The first kappa shape index (κ1) is 19.9. The number of nitrogens with one attached hydrogen (secondary N) is 2. The number of carbonyl (C=O) groups is 2. The van der Waals surface area contributed by atoms with Crippen molar-refractivity contribution >= 4 is 11.8 Å². The average Bonchev–Trinajstić information content (AvgIpc) is 2.46. The summed E-state index contributed by atoms with van der Waals surface area (Å²) in [6.45, 7) is 13.4. The summed E-state index contributed by atoms with van der Waals surface area (Å²) < 4.78 is 0. The van der Waals surface area contributed by atoms with E-state index in [-0.39, 0.29) is 29.1 Å². The van der Waals surface area contributed by atoms with E-state index in [0.29, 0.717) is 13.1 Å². The molecular formula is C17H34N2O2. The molecule has 0 fully saturated rings. The lowest BCUT2D eigenvalue weighted by Crippen LogP contribution is -2.44. The number of hydrogen-bond donors (Lipinski definition) is 2. The Hall–Kier alpha value is -1.06. The second-order valence-corrected chi connectivity index (χ2v) is 6.63. The average molecular weight is 298 g/mol. The van der Waals surface area contributed by atoms with Gasteiger partial charge in [0.1, 0.15) is 0 Å². The first-order chi connectivity index (χ1) is 9.81. The molecule has 2 N–H and O–H groups in total. The minimum Gasteiger partial charge on any atom is -0.355 e. The molecule has 21 heavy (non-hydrogen) atoms. The first-order valence-corrected chi connectivity index (χ1v) is 8.36. The van der Waals surface area contributed by atoms with Crippen LogP contribution in [0.4, 0.5) is 0 Å². The van der Waals surface area contributed by atoms with E-state index in [1.165, 1.54) is 0 Å². The predicted molar refractivity (Wildman–Crippen MR) is 87.9 cm³/mol. The number of carbonyl (C=O) groups excluding carboxylic acids is 2. The highest BCUT2D eigenvalue weighted by atomic mass is 16.2. The molecule has 0 aromatic heterocycles. The normalized spacial score (nSPS) is 11.8. The van der Waals surface area contributed by atoms with Gasteiger partial charge in [0.25, 0.3) is 0 Å². The van der Waals surface area contributed by atoms with Crippen molar-refractivity contribution in [1.82, 2.24) is 10.6 Å². The minimum atomic E-state index is -0.136. The molecule has 0 saturated heterocycles. The zero-order valence-electron chi connectivity index (χ0n) is 14.7. The van der Waals surface area contributed by atoms with Gasteiger partial charge in [0, 0.05) is 24.9 Å². The Bertz CT molecular complexity index is 289. The summed E-state index contributed by atoms with van der Waals surface area (Å²) in [6, 6.07) is 0. The maximum atomic E-state index is 12.0. The van der Waals surface area contributed by atoms with E-state index in [1.807, 2.05) is 27.7 Å². The monoisotopic (exact) mass is 298 g/mol. The van der Waals surface area contributed by atoms with Gasteiger partial charge < -0.3 is 10.6 Å². The van der Waals surface area contributed by atoms with E-state index in [4.69, 9.17) is 0 Å². The summed E-state index contributed by atoms with van der Waals surface area (Å²) in [5.41, 5.74) is -0.136. The fraction of sp³-hybridized carbons (Fsp3) is 0.882. The van der Waals surface area contributed by atoms with Gasteiger partial charge in [-0.05, 0) is 31.1 Å². The van der Waals surface area contributed by atoms with Gasteiger partial charge in [-0.25, -0.2) is 0 Å². The minimum absolute atomic E-state index is 0.0972. The fourth-order valence-corrected chi connectivity index (χ4v) is 2.32. The molecule has 0 atom stereocenters. The van der Waals surface area contributed by atoms with Crippen LogP contribution < -0.4 is 10.6 Å².